The maximum absolute atomic E-state index is 9.59. The van der Waals surface area contributed by atoms with Gasteiger partial charge >= 0.3 is 0 Å². The van der Waals surface area contributed by atoms with Gasteiger partial charge in [0, 0.05) is 0 Å². The van der Waals surface area contributed by atoms with Crippen molar-refractivity contribution in [3.05, 3.63) is 0 Å². The van der Waals surface area contributed by atoms with Crippen LogP contribution in [0.5, 0.6) is 0 Å². The van der Waals surface area contributed by atoms with Gasteiger partial charge in [-0.25, -0.2) is 0 Å². The summed E-state index contributed by atoms with van der Waals surface area (Å²) >= 11 is 0. The van der Waals surface area contributed by atoms with E-state index in [2.05, 4.69) is 0 Å². The highest BCUT2D eigenvalue weighted by molar-refractivity contribution is 4.92. The zero-order chi connectivity index (χ0) is 8.54. The lowest BCUT2D eigenvalue weighted by molar-refractivity contribution is -0.00919. The zero-order valence-corrected chi connectivity index (χ0v) is 7.56. The molecule has 2 heteroatoms. The third-order valence-electron chi connectivity index (χ3n) is 2.65. The molecule has 0 radical (unpaired) electrons. The van der Waals surface area contributed by atoms with Crippen LogP contribution in [0, 0.1) is 5.41 Å². The van der Waals surface area contributed by atoms with E-state index >= 15 is 0 Å². The van der Waals surface area contributed by atoms with Gasteiger partial charge in [-0.3, -0.25) is 0 Å². The van der Waals surface area contributed by atoms with Gasteiger partial charge in [-0.1, -0.05) is 6.42 Å². The fourth-order valence-corrected chi connectivity index (χ4v) is 2.05. The van der Waals surface area contributed by atoms with Gasteiger partial charge < -0.3 is 10.8 Å². The van der Waals surface area contributed by atoms with Crippen molar-refractivity contribution in [1.29, 1.82) is 0 Å². The molecule has 0 unspecified atom stereocenters. The number of hydrogen-bond acceptors (Lipinski definition) is 2. The van der Waals surface area contributed by atoms with Crippen LogP contribution < -0.4 is 5.73 Å². The molecule has 0 saturated heterocycles. The molecule has 0 aromatic carbocycles. The van der Waals surface area contributed by atoms with Crippen molar-refractivity contribution in [2.45, 2.75) is 45.1 Å². The van der Waals surface area contributed by atoms with Crippen LogP contribution in [-0.4, -0.2) is 17.3 Å². The molecule has 66 valence electrons. The summed E-state index contributed by atoms with van der Waals surface area (Å²) in [6, 6.07) is 0. The minimum absolute atomic E-state index is 0.276. The molecule has 0 aliphatic heterocycles. The topological polar surface area (TPSA) is 46.2 Å². The lowest BCUT2D eigenvalue weighted by atomic mass is 9.64. The highest BCUT2D eigenvalue weighted by Crippen LogP contribution is 2.45. The summed E-state index contributed by atoms with van der Waals surface area (Å²) in [4.78, 5) is 0. The Morgan fingerprint density at radius 1 is 1.45 bits per heavy atom. The first-order chi connectivity index (χ1) is 4.97. The van der Waals surface area contributed by atoms with Gasteiger partial charge in [0.2, 0.25) is 0 Å². The molecule has 1 aliphatic rings. The quantitative estimate of drug-likeness (QED) is 0.648. The summed E-state index contributed by atoms with van der Waals surface area (Å²) < 4.78 is 0. The normalized spacial score (nSPS) is 22.9. The first-order valence-corrected chi connectivity index (χ1v) is 4.40. The highest BCUT2D eigenvalue weighted by atomic mass is 16.3. The average Bonchev–Trinajstić information content (AvgIpc) is 1.77. The summed E-state index contributed by atoms with van der Waals surface area (Å²) in [5.74, 6) is 0. The fraction of sp³-hybridized carbons (Fsp3) is 1.00. The van der Waals surface area contributed by atoms with Crippen molar-refractivity contribution >= 4 is 0 Å². The summed E-state index contributed by atoms with van der Waals surface area (Å²) in [6.45, 7) is 4.46. The SMILES string of the molecule is CC(C)(O)CC1(CN)CCC1. The van der Waals surface area contributed by atoms with Crippen LogP contribution in [0.15, 0.2) is 0 Å². The second-order valence-corrected chi connectivity index (χ2v) is 4.55. The Hall–Kier alpha value is -0.0800. The van der Waals surface area contributed by atoms with Crippen molar-refractivity contribution in [3.63, 3.8) is 0 Å². The number of nitrogens with two attached hydrogens (primary N) is 1. The molecule has 3 N–H and O–H groups in total. The molecule has 0 aromatic heterocycles. The van der Waals surface area contributed by atoms with Gasteiger partial charge in [0.15, 0.2) is 0 Å². The summed E-state index contributed by atoms with van der Waals surface area (Å²) in [5.41, 5.74) is 5.40. The summed E-state index contributed by atoms with van der Waals surface area (Å²) in [6.07, 6.45) is 4.55. The highest BCUT2D eigenvalue weighted by Gasteiger charge is 2.39. The first kappa shape index (κ1) is 9.01. The molecular weight excluding hydrogens is 138 g/mol. The lowest BCUT2D eigenvalue weighted by Crippen LogP contribution is -2.42. The lowest BCUT2D eigenvalue weighted by Gasteiger charge is -2.44. The monoisotopic (exact) mass is 157 g/mol. The second kappa shape index (κ2) is 2.76. The molecule has 0 heterocycles. The first-order valence-electron chi connectivity index (χ1n) is 4.40. The molecule has 0 spiro atoms. The van der Waals surface area contributed by atoms with E-state index < -0.39 is 5.60 Å². The molecule has 0 atom stereocenters. The van der Waals surface area contributed by atoms with E-state index in [1.807, 2.05) is 13.8 Å². The Kier molecular flexibility index (Phi) is 2.26. The van der Waals surface area contributed by atoms with Crippen LogP contribution in [0.3, 0.4) is 0 Å². The third-order valence-corrected chi connectivity index (χ3v) is 2.65. The molecule has 1 rings (SSSR count). The molecule has 1 saturated carbocycles. The fourth-order valence-electron chi connectivity index (χ4n) is 2.05. The maximum atomic E-state index is 9.59. The van der Waals surface area contributed by atoms with Crippen LogP contribution >= 0.6 is 0 Å². The van der Waals surface area contributed by atoms with Gasteiger partial charge in [0.25, 0.3) is 0 Å². The van der Waals surface area contributed by atoms with Gasteiger partial charge in [-0.2, -0.15) is 0 Å². The Labute approximate surface area is 68.8 Å². The Morgan fingerprint density at radius 3 is 2.09 bits per heavy atom. The number of hydrogen-bond donors (Lipinski definition) is 2. The molecule has 1 aliphatic carbocycles. The molecule has 0 aromatic rings. The van der Waals surface area contributed by atoms with Gasteiger partial charge in [0.1, 0.15) is 0 Å². The smallest absolute Gasteiger partial charge is 0.0597 e. The predicted molar refractivity (Wildman–Crippen MR) is 46.3 cm³/mol. The summed E-state index contributed by atoms with van der Waals surface area (Å²) in [5, 5.41) is 9.59. The number of rotatable bonds is 3. The average molecular weight is 157 g/mol. The van der Waals surface area contributed by atoms with Crippen LogP contribution in [0.4, 0.5) is 0 Å². The molecular formula is C9H19NO. The van der Waals surface area contributed by atoms with Crippen molar-refractivity contribution in [3.8, 4) is 0 Å². The van der Waals surface area contributed by atoms with Crippen LogP contribution in [0.1, 0.15) is 39.5 Å². The van der Waals surface area contributed by atoms with Crippen molar-refractivity contribution in [2.75, 3.05) is 6.54 Å². The number of aliphatic hydroxyl groups is 1. The van der Waals surface area contributed by atoms with Crippen LogP contribution in [0.25, 0.3) is 0 Å². The van der Waals surface area contributed by atoms with Crippen molar-refractivity contribution in [1.82, 2.24) is 0 Å². The predicted octanol–water partition coefficient (Wildman–Crippen LogP) is 1.28. The molecule has 0 bridgehead atoms. The van der Waals surface area contributed by atoms with Gasteiger partial charge in [-0.05, 0) is 45.1 Å². The van der Waals surface area contributed by atoms with E-state index in [4.69, 9.17) is 5.73 Å². The Bertz CT molecular complexity index is 127. The van der Waals surface area contributed by atoms with Gasteiger partial charge in [-0.15, -0.1) is 0 Å². The van der Waals surface area contributed by atoms with Crippen molar-refractivity contribution < 1.29 is 5.11 Å². The van der Waals surface area contributed by atoms with E-state index in [9.17, 15) is 5.11 Å². The second-order valence-electron chi connectivity index (χ2n) is 4.55. The maximum Gasteiger partial charge on any atom is 0.0597 e. The Balaban J connectivity index is 2.45. The Morgan fingerprint density at radius 2 is 2.00 bits per heavy atom. The summed E-state index contributed by atoms with van der Waals surface area (Å²) in [7, 11) is 0. The van der Waals surface area contributed by atoms with E-state index in [0.717, 1.165) is 13.0 Å². The van der Waals surface area contributed by atoms with E-state index in [1.54, 1.807) is 0 Å². The third kappa shape index (κ3) is 2.17. The van der Waals surface area contributed by atoms with Crippen molar-refractivity contribution in [2.24, 2.45) is 11.1 Å². The van der Waals surface area contributed by atoms with E-state index in [0.29, 0.717) is 0 Å². The minimum atomic E-state index is -0.542. The minimum Gasteiger partial charge on any atom is -0.390 e. The molecule has 1 fully saturated rings. The van der Waals surface area contributed by atoms with E-state index in [1.165, 1.54) is 19.3 Å². The molecule has 0 amide bonds. The molecule has 2 nitrogen and oxygen atoms in total. The van der Waals surface area contributed by atoms with Crippen LogP contribution in [-0.2, 0) is 0 Å². The van der Waals surface area contributed by atoms with E-state index in [-0.39, 0.29) is 5.41 Å². The van der Waals surface area contributed by atoms with Crippen LogP contribution in [0.2, 0.25) is 0 Å². The largest absolute Gasteiger partial charge is 0.390 e. The van der Waals surface area contributed by atoms with Gasteiger partial charge in [0.05, 0.1) is 5.60 Å². The zero-order valence-electron chi connectivity index (χ0n) is 7.56. The molecule has 11 heavy (non-hydrogen) atoms. The standard InChI is InChI=1S/C9H19NO/c1-8(2,11)6-9(7-10)4-3-5-9/h11H,3-7,10H2,1-2H3.